The van der Waals surface area contributed by atoms with Crippen LogP contribution in [0.5, 0.6) is 5.75 Å². The molecule has 0 saturated heterocycles. The molecule has 0 spiro atoms. The standard InChI is InChI=1S/C20H20N2O4/c1-20(2,3)26-19(24)22-16(12-23)9-15-10-17(11-21-18(15)22)25-13-14-7-5-4-6-8-14/h4-12H,13H2,1-3H3. The van der Waals surface area contributed by atoms with E-state index in [0.717, 1.165) is 5.56 Å². The second-order valence-corrected chi connectivity index (χ2v) is 6.86. The first-order valence-corrected chi connectivity index (χ1v) is 8.24. The maximum Gasteiger partial charge on any atom is 0.420 e. The molecule has 3 rings (SSSR count). The van der Waals surface area contributed by atoms with E-state index in [1.807, 2.05) is 30.3 Å². The molecule has 6 nitrogen and oxygen atoms in total. The monoisotopic (exact) mass is 352 g/mol. The molecule has 0 N–H and O–H groups in total. The number of aromatic nitrogens is 2. The zero-order chi connectivity index (χ0) is 18.7. The van der Waals surface area contributed by atoms with Crippen LogP contribution in [-0.4, -0.2) is 27.5 Å². The van der Waals surface area contributed by atoms with Crippen molar-refractivity contribution in [2.45, 2.75) is 33.0 Å². The summed E-state index contributed by atoms with van der Waals surface area (Å²) in [6, 6.07) is 13.1. The molecule has 0 fully saturated rings. The van der Waals surface area contributed by atoms with E-state index in [1.165, 1.54) is 10.8 Å². The summed E-state index contributed by atoms with van der Waals surface area (Å²) in [6.45, 7) is 5.70. The van der Waals surface area contributed by atoms with Crippen LogP contribution in [-0.2, 0) is 11.3 Å². The maximum absolute atomic E-state index is 12.4. The number of benzene rings is 1. The van der Waals surface area contributed by atoms with E-state index >= 15 is 0 Å². The first kappa shape index (κ1) is 17.7. The predicted octanol–water partition coefficient (Wildman–Crippen LogP) is 4.21. The van der Waals surface area contributed by atoms with Gasteiger partial charge in [0.2, 0.25) is 0 Å². The third kappa shape index (κ3) is 3.91. The van der Waals surface area contributed by atoms with Gasteiger partial charge in [-0.05, 0) is 38.5 Å². The molecule has 6 heteroatoms. The number of rotatable bonds is 4. The first-order valence-electron chi connectivity index (χ1n) is 8.24. The zero-order valence-electron chi connectivity index (χ0n) is 14.9. The molecule has 0 unspecified atom stereocenters. The van der Waals surface area contributed by atoms with Gasteiger partial charge >= 0.3 is 6.09 Å². The van der Waals surface area contributed by atoms with Gasteiger partial charge in [0.1, 0.15) is 23.6 Å². The van der Waals surface area contributed by atoms with Crippen molar-refractivity contribution in [3.63, 3.8) is 0 Å². The lowest BCUT2D eigenvalue weighted by Crippen LogP contribution is -2.28. The van der Waals surface area contributed by atoms with Crippen molar-refractivity contribution in [3.8, 4) is 5.75 Å². The van der Waals surface area contributed by atoms with E-state index in [4.69, 9.17) is 9.47 Å². The normalized spacial score (nSPS) is 11.3. The van der Waals surface area contributed by atoms with Crippen molar-refractivity contribution < 1.29 is 19.1 Å². The molecule has 3 aromatic rings. The first-order chi connectivity index (χ1) is 12.4. The molecular weight excluding hydrogens is 332 g/mol. The Balaban J connectivity index is 1.89. The van der Waals surface area contributed by atoms with Crippen LogP contribution in [0.15, 0.2) is 48.7 Å². The maximum atomic E-state index is 12.4. The van der Waals surface area contributed by atoms with E-state index in [9.17, 15) is 9.59 Å². The number of pyridine rings is 1. The van der Waals surface area contributed by atoms with Crippen molar-refractivity contribution in [2.24, 2.45) is 0 Å². The van der Waals surface area contributed by atoms with E-state index in [2.05, 4.69) is 4.98 Å². The zero-order valence-corrected chi connectivity index (χ0v) is 14.9. The minimum atomic E-state index is -0.674. The van der Waals surface area contributed by atoms with E-state index in [-0.39, 0.29) is 5.69 Å². The fourth-order valence-corrected chi connectivity index (χ4v) is 2.50. The van der Waals surface area contributed by atoms with Crippen molar-refractivity contribution in [2.75, 3.05) is 0 Å². The minimum Gasteiger partial charge on any atom is -0.487 e. The molecule has 0 aliphatic rings. The molecule has 2 aromatic heterocycles. The molecule has 0 atom stereocenters. The van der Waals surface area contributed by atoms with Crippen molar-refractivity contribution in [3.05, 3.63) is 59.9 Å². The number of aldehydes is 1. The quantitative estimate of drug-likeness (QED) is 0.658. The Morgan fingerprint density at radius 1 is 1.19 bits per heavy atom. The Bertz CT molecular complexity index is 940. The summed E-state index contributed by atoms with van der Waals surface area (Å²) in [6.07, 6.45) is 1.50. The van der Waals surface area contributed by atoms with Crippen molar-refractivity contribution in [1.29, 1.82) is 0 Å². The Kier molecular flexibility index (Phi) is 4.75. The number of fused-ring (bicyclic) bond motifs is 1. The fraction of sp³-hybridized carbons (Fsp3) is 0.250. The fourth-order valence-electron chi connectivity index (χ4n) is 2.50. The molecule has 0 radical (unpaired) electrons. The molecule has 0 aliphatic heterocycles. The van der Waals surface area contributed by atoms with Gasteiger partial charge in [-0.25, -0.2) is 14.3 Å². The van der Waals surface area contributed by atoms with Crippen LogP contribution in [0.1, 0.15) is 36.8 Å². The van der Waals surface area contributed by atoms with Gasteiger partial charge in [0.15, 0.2) is 6.29 Å². The average molecular weight is 352 g/mol. The van der Waals surface area contributed by atoms with Gasteiger partial charge in [0.25, 0.3) is 0 Å². The highest BCUT2D eigenvalue weighted by molar-refractivity contribution is 5.95. The average Bonchev–Trinajstić information content (AvgIpc) is 2.97. The molecule has 26 heavy (non-hydrogen) atoms. The van der Waals surface area contributed by atoms with Crippen LogP contribution in [0.2, 0.25) is 0 Å². The second kappa shape index (κ2) is 7.00. The van der Waals surface area contributed by atoms with Gasteiger partial charge in [-0.15, -0.1) is 0 Å². The van der Waals surface area contributed by atoms with Crippen molar-refractivity contribution >= 4 is 23.4 Å². The van der Waals surface area contributed by atoms with Gasteiger partial charge in [-0.2, -0.15) is 0 Å². The highest BCUT2D eigenvalue weighted by Gasteiger charge is 2.22. The van der Waals surface area contributed by atoms with Crippen molar-refractivity contribution in [1.82, 2.24) is 9.55 Å². The summed E-state index contributed by atoms with van der Waals surface area (Å²) in [5.74, 6) is 0.556. The van der Waals surface area contributed by atoms with Gasteiger partial charge in [0.05, 0.1) is 11.9 Å². The Morgan fingerprint density at radius 2 is 1.92 bits per heavy atom. The summed E-state index contributed by atoms with van der Waals surface area (Å²) in [4.78, 5) is 28.1. The molecule has 0 aliphatic carbocycles. The van der Waals surface area contributed by atoms with Crippen LogP contribution in [0.25, 0.3) is 11.0 Å². The Labute approximate surface area is 151 Å². The largest absolute Gasteiger partial charge is 0.487 e. The summed E-state index contributed by atoms with van der Waals surface area (Å²) < 4.78 is 12.3. The number of carbonyl (C=O) groups is 2. The van der Waals surface area contributed by atoms with E-state index in [0.29, 0.717) is 29.7 Å². The molecule has 134 valence electrons. The van der Waals surface area contributed by atoms with Gasteiger partial charge in [-0.3, -0.25) is 4.79 Å². The lowest BCUT2D eigenvalue weighted by Gasteiger charge is -2.20. The molecule has 1 aromatic carbocycles. The number of nitrogens with zero attached hydrogens (tertiary/aromatic N) is 2. The summed E-state index contributed by atoms with van der Waals surface area (Å²) >= 11 is 0. The minimum absolute atomic E-state index is 0.182. The smallest absolute Gasteiger partial charge is 0.420 e. The summed E-state index contributed by atoms with van der Waals surface area (Å²) in [5, 5.41) is 0.628. The summed E-state index contributed by atoms with van der Waals surface area (Å²) in [5.41, 5.74) is 0.898. The van der Waals surface area contributed by atoms with Crippen LogP contribution in [0, 0.1) is 0 Å². The molecule has 0 saturated carbocycles. The van der Waals surface area contributed by atoms with Gasteiger partial charge in [0, 0.05) is 5.39 Å². The lowest BCUT2D eigenvalue weighted by atomic mass is 10.2. The van der Waals surface area contributed by atoms with Crippen LogP contribution >= 0.6 is 0 Å². The Hall–Kier alpha value is -3.15. The molecular formula is C20H20N2O4. The Morgan fingerprint density at radius 3 is 2.58 bits per heavy atom. The SMILES string of the molecule is CC(C)(C)OC(=O)n1c(C=O)cc2cc(OCc3ccccc3)cnc21. The molecule has 0 bridgehead atoms. The highest BCUT2D eigenvalue weighted by atomic mass is 16.6. The number of carbonyl (C=O) groups excluding carboxylic acids is 2. The highest BCUT2D eigenvalue weighted by Crippen LogP contribution is 2.24. The third-order valence-electron chi connectivity index (χ3n) is 3.59. The van der Waals surface area contributed by atoms with E-state index < -0.39 is 11.7 Å². The van der Waals surface area contributed by atoms with E-state index in [1.54, 1.807) is 32.9 Å². The number of hydrogen-bond donors (Lipinski definition) is 0. The topological polar surface area (TPSA) is 70.4 Å². The predicted molar refractivity (Wildman–Crippen MR) is 97.5 cm³/mol. The molecule has 0 amide bonds. The van der Waals surface area contributed by atoms with Crippen LogP contribution < -0.4 is 4.74 Å². The molecule has 2 heterocycles. The van der Waals surface area contributed by atoms with Crippen LogP contribution in [0.4, 0.5) is 4.79 Å². The summed E-state index contributed by atoms with van der Waals surface area (Å²) in [7, 11) is 0. The number of ether oxygens (including phenoxy) is 2. The third-order valence-corrected chi connectivity index (χ3v) is 3.59. The number of hydrogen-bond acceptors (Lipinski definition) is 5. The van der Waals surface area contributed by atoms with Gasteiger partial charge in [-0.1, -0.05) is 30.3 Å². The lowest BCUT2D eigenvalue weighted by molar-refractivity contribution is 0.0538. The van der Waals surface area contributed by atoms with Crippen LogP contribution in [0.3, 0.4) is 0 Å². The second-order valence-electron chi connectivity index (χ2n) is 6.86. The van der Waals surface area contributed by atoms with Gasteiger partial charge < -0.3 is 9.47 Å².